The number of thioether (sulfide) groups is 1. The maximum Gasteiger partial charge on any atom is 0.157 e. The molecular formula is C14H20N2OS. The van der Waals surface area contributed by atoms with Crippen LogP contribution < -0.4 is 10.1 Å². The highest BCUT2D eigenvalue weighted by molar-refractivity contribution is 8.14. The molecule has 1 N–H and O–H groups in total. The molecule has 0 aromatic heterocycles. The lowest BCUT2D eigenvalue weighted by molar-refractivity contribution is 0.322. The van der Waals surface area contributed by atoms with E-state index < -0.39 is 0 Å². The first-order chi connectivity index (χ1) is 8.78. The number of ether oxygens (including phenoxy) is 1. The van der Waals surface area contributed by atoms with Gasteiger partial charge in [0.25, 0.3) is 0 Å². The van der Waals surface area contributed by atoms with Gasteiger partial charge in [0.15, 0.2) is 5.17 Å². The van der Waals surface area contributed by atoms with Gasteiger partial charge in [-0.3, -0.25) is 4.99 Å². The first-order valence-electron chi connectivity index (χ1n) is 6.42. The zero-order valence-corrected chi connectivity index (χ0v) is 11.8. The number of nitrogens with zero attached hydrogens (tertiary/aromatic N) is 1. The van der Waals surface area contributed by atoms with E-state index in [1.165, 1.54) is 12.0 Å². The quantitative estimate of drug-likeness (QED) is 0.830. The van der Waals surface area contributed by atoms with Gasteiger partial charge in [-0.25, -0.2) is 0 Å². The minimum atomic E-state index is 0.658. The smallest absolute Gasteiger partial charge is 0.157 e. The molecule has 1 aromatic carbocycles. The molecule has 0 bridgehead atoms. The summed E-state index contributed by atoms with van der Waals surface area (Å²) in [4.78, 5) is 4.46. The van der Waals surface area contributed by atoms with Crippen molar-refractivity contribution >= 4 is 16.9 Å². The highest BCUT2D eigenvalue weighted by atomic mass is 32.2. The second kappa shape index (κ2) is 6.69. The average Bonchev–Trinajstić information content (AvgIpc) is 2.83. The summed E-state index contributed by atoms with van der Waals surface area (Å²) < 4.78 is 5.67. The molecule has 0 aliphatic carbocycles. The Hall–Kier alpha value is -1.16. The number of aliphatic imine (C=N–C) groups is 1. The van der Waals surface area contributed by atoms with Crippen LogP contribution in [0.4, 0.5) is 0 Å². The summed E-state index contributed by atoms with van der Waals surface area (Å²) in [7, 11) is 0. The van der Waals surface area contributed by atoms with Crippen LogP contribution in [0.15, 0.2) is 29.3 Å². The lowest BCUT2D eigenvalue weighted by Crippen LogP contribution is -2.25. The molecule has 1 atom stereocenters. The first-order valence-corrected chi connectivity index (χ1v) is 7.30. The molecule has 1 heterocycles. The Morgan fingerprint density at radius 1 is 1.50 bits per heavy atom. The Balaban J connectivity index is 1.65. The Kier molecular flexibility index (Phi) is 4.93. The van der Waals surface area contributed by atoms with Gasteiger partial charge in [0.2, 0.25) is 0 Å². The van der Waals surface area contributed by atoms with E-state index in [-0.39, 0.29) is 0 Å². The lowest BCUT2D eigenvalue weighted by Gasteiger charge is -2.09. The van der Waals surface area contributed by atoms with Crippen LogP contribution in [0, 0.1) is 6.92 Å². The molecule has 0 radical (unpaired) electrons. The van der Waals surface area contributed by atoms with Gasteiger partial charge in [-0.2, -0.15) is 0 Å². The van der Waals surface area contributed by atoms with Gasteiger partial charge < -0.3 is 10.1 Å². The van der Waals surface area contributed by atoms with Crippen molar-refractivity contribution in [1.29, 1.82) is 0 Å². The predicted octanol–water partition coefficient (Wildman–Crippen LogP) is 2.84. The van der Waals surface area contributed by atoms with Crippen LogP contribution in [0.3, 0.4) is 0 Å². The summed E-state index contributed by atoms with van der Waals surface area (Å²) in [6.45, 7) is 6.69. The fraction of sp³-hybridized carbons (Fsp3) is 0.500. The summed E-state index contributed by atoms with van der Waals surface area (Å²) in [5.41, 5.74) is 1.22. The summed E-state index contributed by atoms with van der Waals surface area (Å²) in [6, 6.07) is 8.12. The summed E-state index contributed by atoms with van der Waals surface area (Å²) >= 11 is 1.84. The molecule has 1 aromatic rings. The first kappa shape index (κ1) is 13.3. The van der Waals surface area contributed by atoms with Crippen molar-refractivity contribution in [2.75, 3.05) is 19.7 Å². The van der Waals surface area contributed by atoms with Crippen LogP contribution in [-0.2, 0) is 0 Å². The van der Waals surface area contributed by atoms with Gasteiger partial charge in [-0.1, -0.05) is 30.8 Å². The number of nitrogens with one attached hydrogen (secondary N) is 1. The normalized spacial score (nSPS) is 18.6. The van der Waals surface area contributed by atoms with Crippen molar-refractivity contribution < 1.29 is 4.74 Å². The van der Waals surface area contributed by atoms with Gasteiger partial charge >= 0.3 is 0 Å². The third-order valence-electron chi connectivity index (χ3n) is 2.81. The van der Waals surface area contributed by atoms with Crippen molar-refractivity contribution in [3.05, 3.63) is 29.8 Å². The maximum absolute atomic E-state index is 5.67. The Morgan fingerprint density at radius 3 is 3.11 bits per heavy atom. The van der Waals surface area contributed by atoms with Crippen LogP contribution in [0.5, 0.6) is 5.75 Å². The van der Waals surface area contributed by atoms with Gasteiger partial charge in [0, 0.05) is 5.25 Å². The molecule has 1 aliphatic rings. The highest BCUT2D eigenvalue weighted by Gasteiger charge is 2.16. The van der Waals surface area contributed by atoms with Crippen molar-refractivity contribution in [2.24, 2.45) is 4.99 Å². The average molecular weight is 264 g/mol. The number of hydrogen-bond donors (Lipinski definition) is 1. The van der Waals surface area contributed by atoms with E-state index in [0.29, 0.717) is 11.9 Å². The topological polar surface area (TPSA) is 33.6 Å². The van der Waals surface area contributed by atoms with Gasteiger partial charge in [0.05, 0.1) is 13.1 Å². The van der Waals surface area contributed by atoms with E-state index >= 15 is 0 Å². The van der Waals surface area contributed by atoms with Gasteiger partial charge in [-0.05, 0) is 31.0 Å². The predicted molar refractivity (Wildman–Crippen MR) is 78.6 cm³/mol. The van der Waals surface area contributed by atoms with E-state index in [1.807, 2.05) is 23.9 Å². The second-order valence-electron chi connectivity index (χ2n) is 4.39. The molecule has 1 unspecified atom stereocenters. The summed E-state index contributed by atoms with van der Waals surface area (Å²) in [5.74, 6) is 0.934. The molecule has 18 heavy (non-hydrogen) atoms. The van der Waals surface area contributed by atoms with Crippen molar-refractivity contribution in [1.82, 2.24) is 5.32 Å². The molecule has 4 heteroatoms. The van der Waals surface area contributed by atoms with Crippen LogP contribution in [-0.4, -0.2) is 30.1 Å². The fourth-order valence-corrected chi connectivity index (χ4v) is 2.73. The second-order valence-corrected chi connectivity index (χ2v) is 5.67. The molecule has 2 rings (SSSR count). The zero-order chi connectivity index (χ0) is 12.8. The number of benzene rings is 1. The van der Waals surface area contributed by atoms with E-state index in [2.05, 4.69) is 36.3 Å². The summed E-state index contributed by atoms with van der Waals surface area (Å²) in [6.07, 6.45) is 1.18. The van der Waals surface area contributed by atoms with Gasteiger partial charge in [0.1, 0.15) is 12.4 Å². The van der Waals surface area contributed by atoms with Crippen LogP contribution in [0.25, 0.3) is 0 Å². The monoisotopic (exact) mass is 264 g/mol. The van der Waals surface area contributed by atoms with E-state index in [1.54, 1.807) is 0 Å². The maximum atomic E-state index is 5.67. The number of hydrogen-bond acceptors (Lipinski definition) is 4. The molecule has 0 saturated carbocycles. The minimum Gasteiger partial charge on any atom is -0.492 e. The number of rotatable bonds is 5. The molecule has 0 spiro atoms. The number of aryl methyl sites for hydroxylation is 1. The molecule has 1 aliphatic heterocycles. The molecule has 0 saturated heterocycles. The molecular weight excluding hydrogens is 244 g/mol. The zero-order valence-electron chi connectivity index (χ0n) is 11.0. The summed E-state index contributed by atoms with van der Waals surface area (Å²) in [5, 5.41) is 5.04. The van der Waals surface area contributed by atoms with E-state index in [9.17, 15) is 0 Å². The molecule has 3 nitrogen and oxygen atoms in total. The van der Waals surface area contributed by atoms with Crippen molar-refractivity contribution in [3.8, 4) is 5.75 Å². The fourth-order valence-electron chi connectivity index (χ4n) is 1.76. The largest absolute Gasteiger partial charge is 0.492 e. The van der Waals surface area contributed by atoms with Crippen molar-refractivity contribution in [3.63, 3.8) is 0 Å². The Morgan fingerprint density at radius 2 is 2.39 bits per heavy atom. The molecule has 0 amide bonds. The standard InChI is InChI=1S/C14H20N2OS/c1-3-13-10-16-14(18-13)15-7-8-17-12-6-4-5-11(2)9-12/h4-6,9,13H,3,7-8,10H2,1-2H3,(H,15,16). The third-order valence-corrected chi connectivity index (χ3v) is 4.12. The van der Waals surface area contributed by atoms with Crippen LogP contribution in [0.2, 0.25) is 0 Å². The Bertz CT molecular complexity index is 420. The molecule has 0 fully saturated rings. The van der Waals surface area contributed by atoms with E-state index in [4.69, 9.17) is 4.74 Å². The lowest BCUT2D eigenvalue weighted by atomic mass is 10.2. The van der Waals surface area contributed by atoms with E-state index in [0.717, 1.165) is 24.0 Å². The van der Waals surface area contributed by atoms with Crippen molar-refractivity contribution in [2.45, 2.75) is 25.5 Å². The number of amidine groups is 1. The highest BCUT2D eigenvalue weighted by Crippen LogP contribution is 2.21. The van der Waals surface area contributed by atoms with Crippen LogP contribution in [0.1, 0.15) is 18.9 Å². The molecule has 98 valence electrons. The Labute approximate surface area is 113 Å². The van der Waals surface area contributed by atoms with Crippen LogP contribution >= 0.6 is 11.8 Å². The third kappa shape index (κ3) is 3.95. The SMILES string of the molecule is CCC1CN=C(NCCOc2cccc(C)c2)S1. The van der Waals surface area contributed by atoms with Gasteiger partial charge in [-0.15, -0.1) is 0 Å². The minimum absolute atomic E-state index is 0.658.